The van der Waals surface area contributed by atoms with Crippen molar-refractivity contribution >= 4 is 17.2 Å². The van der Waals surface area contributed by atoms with Gasteiger partial charge in [0.15, 0.2) is 0 Å². The van der Waals surface area contributed by atoms with Crippen LogP contribution in [0.4, 0.5) is 11.4 Å². The number of hydrogen-bond donors (Lipinski definition) is 2. The molecule has 0 aromatic heterocycles. The average Bonchev–Trinajstić information content (AvgIpc) is 2.59. The molecule has 120 valence electrons. The van der Waals surface area contributed by atoms with Crippen molar-refractivity contribution in [2.24, 2.45) is 4.99 Å². The van der Waals surface area contributed by atoms with Crippen molar-refractivity contribution in [3.8, 4) is 5.75 Å². The molecule has 0 saturated heterocycles. The van der Waals surface area contributed by atoms with Crippen LogP contribution in [0.15, 0.2) is 77.8 Å². The zero-order valence-corrected chi connectivity index (χ0v) is 13.8. The number of anilines is 1. The lowest BCUT2D eigenvalue weighted by atomic mass is 10.1. The first kappa shape index (κ1) is 15.8. The van der Waals surface area contributed by atoms with Crippen LogP contribution >= 0.6 is 0 Å². The van der Waals surface area contributed by atoms with E-state index in [1.54, 1.807) is 12.1 Å². The normalized spacial score (nSPS) is 11.3. The number of aromatic hydroxyl groups is 1. The molecule has 0 aliphatic heterocycles. The standard InChI is InChI=1S/C21H20N2O/c1-15-3-9-18(10-4-15)22-21(17-7-13-20(24)14-8-17)23-19-11-5-16(2)6-12-19/h3-14,24H,1-2H3,(H,22,23). The molecule has 0 fully saturated rings. The quantitative estimate of drug-likeness (QED) is 0.515. The summed E-state index contributed by atoms with van der Waals surface area (Å²) in [5, 5.41) is 12.9. The van der Waals surface area contributed by atoms with Crippen molar-refractivity contribution in [3.05, 3.63) is 89.5 Å². The minimum Gasteiger partial charge on any atom is -0.508 e. The summed E-state index contributed by atoms with van der Waals surface area (Å²) in [6.45, 7) is 4.12. The zero-order valence-electron chi connectivity index (χ0n) is 13.8. The van der Waals surface area contributed by atoms with E-state index in [2.05, 4.69) is 31.3 Å². The van der Waals surface area contributed by atoms with Gasteiger partial charge in [-0.1, -0.05) is 35.4 Å². The van der Waals surface area contributed by atoms with Gasteiger partial charge in [0.2, 0.25) is 0 Å². The summed E-state index contributed by atoms with van der Waals surface area (Å²) in [6.07, 6.45) is 0. The first-order valence-electron chi connectivity index (χ1n) is 7.88. The molecule has 3 aromatic carbocycles. The maximum atomic E-state index is 9.52. The Hall–Kier alpha value is -3.07. The lowest BCUT2D eigenvalue weighted by Crippen LogP contribution is -2.13. The first-order chi connectivity index (χ1) is 11.6. The molecule has 0 radical (unpaired) electrons. The van der Waals surface area contributed by atoms with Crippen molar-refractivity contribution in [2.45, 2.75) is 13.8 Å². The number of aryl methyl sites for hydroxylation is 2. The van der Waals surface area contributed by atoms with Crippen LogP contribution in [0.2, 0.25) is 0 Å². The molecule has 24 heavy (non-hydrogen) atoms. The molecule has 3 rings (SSSR count). The molecule has 0 aliphatic carbocycles. The van der Waals surface area contributed by atoms with Crippen molar-refractivity contribution in [2.75, 3.05) is 5.32 Å². The van der Waals surface area contributed by atoms with Crippen LogP contribution in [0.1, 0.15) is 16.7 Å². The van der Waals surface area contributed by atoms with Gasteiger partial charge in [0.1, 0.15) is 11.6 Å². The third kappa shape index (κ3) is 4.02. The fourth-order valence-corrected chi connectivity index (χ4v) is 2.31. The second-order valence-electron chi connectivity index (χ2n) is 5.83. The Morgan fingerprint density at radius 1 is 0.750 bits per heavy atom. The topological polar surface area (TPSA) is 44.6 Å². The van der Waals surface area contributed by atoms with Crippen LogP contribution in [0.5, 0.6) is 5.75 Å². The second-order valence-corrected chi connectivity index (χ2v) is 5.83. The summed E-state index contributed by atoms with van der Waals surface area (Å²) in [4.78, 5) is 4.74. The number of benzene rings is 3. The van der Waals surface area contributed by atoms with Gasteiger partial charge in [-0.25, -0.2) is 4.99 Å². The Labute approximate surface area is 142 Å². The summed E-state index contributed by atoms with van der Waals surface area (Å²) in [5.41, 5.74) is 5.17. The highest BCUT2D eigenvalue weighted by Crippen LogP contribution is 2.19. The molecule has 0 bridgehead atoms. The van der Waals surface area contributed by atoms with Crippen LogP contribution in [0.3, 0.4) is 0 Å². The van der Waals surface area contributed by atoms with E-state index in [-0.39, 0.29) is 5.75 Å². The van der Waals surface area contributed by atoms with E-state index in [0.29, 0.717) is 0 Å². The van der Waals surface area contributed by atoms with E-state index in [1.165, 1.54) is 11.1 Å². The van der Waals surface area contributed by atoms with E-state index < -0.39 is 0 Å². The minimum absolute atomic E-state index is 0.240. The molecule has 0 heterocycles. The van der Waals surface area contributed by atoms with Gasteiger partial charge in [0.05, 0.1) is 5.69 Å². The molecule has 0 amide bonds. The third-order valence-electron chi connectivity index (χ3n) is 3.73. The van der Waals surface area contributed by atoms with Crippen LogP contribution in [-0.4, -0.2) is 10.9 Å². The number of phenols is 1. The van der Waals surface area contributed by atoms with E-state index in [9.17, 15) is 5.11 Å². The average molecular weight is 316 g/mol. The van der Waals surface area contributed by atoms with E-state index >= 15 is 0 Å². The smallest absolute Gasteiger partial charge is 0.138 e. The van der Waals surface area contributed by atoms with Gasteiger partial charge in [0, 0.05) is 11.3 Å². The summed E-state index contributed by atoms with van der Waals surface area (Å²) >= 11 is 0. The largest absolute Gasteiger partial charge is 0.508 e. The van der Waals surface area contributed by atoms with Gasteiger partial charge < -0.3 is 10.4 Å². The molecule has 2 N–H and O–H groups in total. The summed E-state index contributed by atoms with van der Waals surface area (Å²) in [5.74, 6) is 0.978. The lowest BCUT2D eigenvalue weighted by Gasteiger charge is -2.11. The van der Waals surface area contributed by atoms with Crippen molar-refractivity contribution in [1.82, 2.24) is 0 Å². The van der Waals surface area contributed by atoms with E-state index in [0.717, 1.165) is 22.8 Å². The SMILES string of the molecule is Cc1ccc(N=C(Nc2ccc(C)cc2)c2ccc(O)cc2)cc1. The Kier molecular flexibility index (Phi) is 4.62. The van der Waals surface area contributed by atoms with E-state index in [4.69, 9.17) is 4.99 Å². The number of nitrogens with one attached hydrogen (secondary N) is 1. The van der Waals surface area contributed by atoms with Crippen LogP contribution < -0.4 is 5.32 Å². The van der Waals surface area contributed by atoms with Gasteiger partial charge in [-0.05, 0) is 62.4 Å². The van der Waals surface area contributed by atoms with Crippen LogP contribution in [0, 0.1) is 13.8 Å². The van der Waals surface area contributed by atoms with Crippen molar-refractivity contribution in [3.63, 3.8) is 0 Å². The molecule has 0 unspecified atom stereocenters. The molecule has 3 heteroatoms. The Morgan fingerprint density at radius 2 is 1.29 bits per heavy atom. The first-order valence-corrected chi connectivity index (χ1v) is 7.88. The molecule has 0 saturated carbocycles. The molecular weight excluding hydrogens is 296 g/mol. The molecule has 0 atom stereocenters. The van der Waals surface area contributed by atoms with Gasteiger partial charge in [0.25, 0.3) is 0 Å². The predicted octanol–water partition coefficient (Wildman–Crippen LogP) is 5.20. The molecular formula is C21H20N2O. The molecule has 0 aliphatic rings. The highest BCUT2D eigenvalue weighted by Gasteiger charge is 2.05. The summed E-state index contributed by atoms with van der Waals surface area (Å²) < 4.78 is 0. The molecule has 3 aromatic rings. The maximum absolute atomic E-state index is 9.52. The Balaban J connectivity index is 1.97. The van der Waals surface area contributed by atoms with Gasteiger partial charge in [-0.15, -0.1) is 0 Å². The Bertz CT molecular complexity index is 833. The minimum atomic E-state index is 0.240. The highest BCUT2D eigenvalue weighted by atomic mass is 16.3. The number of rotatable bonds is 3. The number of nitrogens with zero attached hydrogens (tertiary/aromatic N) is 1. The fraction of sp³-hybridized carbons (Fsp3) is 0.0952. The van der Waals surface area contributed by atoms with Gasteiger partial charge >= 0.3 is 0 Å². The molecule has 3 nitrogen and oxygen atoms in total. The van der Waals surface area contributed by atoms with Crippen molar-refractivity contribution < 1.29 is 5.11 Å². The van der Waals surface area contributed by atoms with Crippen LogP contribution in [0.25, 0.3) is 0 Å². The summed E-state index contributed by atoms with van der Waals surface area (Å²) in [6, 6.07) is 23.3. The fourth-order valence-electron chi connectivity index (χ4n) is 2.31. The number of hydrogen-bond acceptors (Lipinski definition) is 2. The van der Waals surface area contributed by atoms with Crippen LogP contribution in [-0.2, 0) is 0 Å². The summed E-state index contributed by atoms with van der Waals surface area (Å²) in [7, 11) is 0. The number of aliphatic imine (C=N–C) groups is 1. The number of phenolic OH excluding ortho intramolecular Hbond substituents is 1. The maximum Gasteiger partial charge on any atom is 0.138 e. The van der Waals surface area contributed by atoms with Gasteiger partial charge in [-0.2, -0.15) is 0 Å². The van der Waals surface area contributed by atoms with Crippen molar-refractivity contribution in [1.29, 1.82) is 0 Å². The van der Waals surface area contributed by atoms with Gasteiger partial charge in [-0.3, -0.25) is 0 Å². The highest BCUT2D eigenvalue weighted by molar-refractivity contribution is 6.09. The predicted molar refractivity (Wildman–Crippen MR) is 100 cm³/mol. The zero-order chi connectivity index (χ0) is 16.9. The molecule has 0 spiro atoms. The number of amidine groups is 1. The second kappa shape index (κ2) is 7.01. The monoisotopic (exact) mass is 316 g/mol. The van der Waals surface area contributed by atoms with E-state index in [1.807, 2.05) is 48.5 Å². The lowest BCUT2D eigenvalue weighted by molar-refractivity contribution is 0.475. The Morgan fingerprint density at radius 3 is 1.88 bits per heavy atom. The third-order valence-corrected chi connectivity index (χ3v) is 3.73.